The molecule has 4 saturated carbocycles. The molecule has 0 spiro atoms. The second kappa shape index (κ2) is 4.86. The molecule has 1 saturated heterocycles. The van der Waals surface area contributed by atoms with Gasteiger partial charge < -0.3 is 10.6 Å². The van der Waals surface area contributed by atoms with E-state index in [2.05, 4.69) is 24.5 Å². The quantitative estimate of drug-likeness (QED) is 0.841. The lowest BCUT2D eigenvalue weighted by molar-refractivity contribution is -0.170. The highest BCUT2D eigenvalue weighted by Gasteiger charge is 2.62. The minimum Gasteiger partial charge on any atom is -0.355 e. The Hall–Kier alpha value is -0.280. The van der Waals surface area contributed by atoms with Crippen LogP contribution in [0.1, 0.15) is 52.4 Å². The van der Waals surface area contributed by atoms with Crippen LogP contribution in [0.3, 0.4) is 0 Å². The van der Waals surface area contributed by atoms with E-state index in [-0.39, 0.29) is 17.8 Å². The summed E-state index contributed by atoms with van der Waals surface area (Å²) in [5, 5.41) is 6.58. The molecule has 0 aromatic carbocycles. The number of hydrogen-bond donors (Lipinski definition) is 2. The van der Waals surface area contributed by atoms with E-state index in [4.69, 9.17) is 0 Å². The van der Waals surface area contributed by atoms with Gasteiger partial charge in [-0.2, -0.15) is 0 Å². The predicted molar refractivity (Wildman–Crippen MR) is 86.5 cm³/mol. The van der Waals surface area contributed by atoms with E-state index in [9.17, 15) is 4.79 Å². The number of carbonyl (C=O) groups is 1. The van der Waals surface area contributed by atoms with E-state index < -0.39 is 0 Å². The molecule has 1 amide bonds. The van der Waals surface area contributed by atoms with Crippen molar-refractivity contribution >= 4 is 18.3 Å². The summed E-state index contributed by atoms with van der Waals surface area (Å²) in [5.41, 5.74) is 0.840. The van der Waals surface area contributed by atoms with Gasteiger partial charge in [-0.05, 0) is 55.3 Å². The van der Waals surface area contributed by atoms with Crippen molar-refractivity contribution in [3.05, 3.63) is 0 Å². The van der Waals surface area contributed by atoms with Crippen LogP contribution in [0.4, 0.5) is 0 Å². The van der Waals surface area contributed by atoms with Gasteiger partial charge in [-0.25, -0.2) is 0 Å². The lowest BCUT2D eigenvalue weighted by Crippen LogP contribution is -2.60. The maximum atomic E-state index is 12.9. The monoisotopic (exact) mass is 312 g/mol. The molecule has 4 aliphatic carbocycles. The van der Waals surface area contributed by atoms with Crippen LogP contribution < -0.4 is 10.6 Å². The number of amides is 1. The van der Waals surface area contributed by atoms with Gasteiger partial charge in [-0.3, -0.25) is 4.79 Å². The molecular formula is C17H29ClN2O. The van der Waals surface area contributed by atoms with E-state index in [1.165, 1.54) is 19.3 Å². The first-order valence-electron chi connectivity index (χ1n) is 8.40. The first-order chi connectivity index (χ1) is 9.41. The summed E-state index contributed by atoms with van der Waals surface area (Å²) in [4.78, 5) is 12.9. The second-order valence-corrected chi connectivity index (χ2v) is 9.14. The first-order valence-corrected chi connectivity index (χ1v) is 8.40. The molecule has 1 heterocycles. The minimum absolute atomic E-state index is 0. The van der Waals surface area contributed by atoms with Crippen molar-refractivity contribution in [2.75, 3.05) is 19.6 Å². The van der Waals surface area contributed by atoms with Crippen molar-refractivity contribution in [1.82, 2.24) is 10.6 Å². The highest BCUT2D eigenvalue weighted by molar-refractivity contribution is 5.85. The molecular weight excluding hydrogens is 284 g/mol. The molecule has 21 heavy (non-hydrogen) atoms. The minimum atomic E-state index is -0.0277. The molecule has 5 fully saturated rings. The van der Waals surface area contributed by atoms with Crippen molar-refractivity contribution in [1.29, 1.82) is 0 Å². The van der Waals surface area contributed by atoms with Crippen LogP contribution >= 0.6 is 12.4 Å². The highest BCUT2D eigenvalue weighted by atomic mass is 35.5. The van der Waals surface area contributed by atoms with Crippen molar-refractivity contribution in [2.45, 2.75) is 52.4 Å². The second-order valence-electron chi connectivity index (χ2n) is 9.14. The van der Waals surface area contributed by atoms with Gasteiger partial charge in [-0.15, -0.1) is 12.4 Å². The van der Waals surface area contributed by atoms with Gasteiger partial charge in [0.1, 0.15) is 0 Å². The topological polar surface area (TPSA) is 41.1 Å². The average molecular weight is 313 g/mol. The van der Waals surface area contributed by atoms with Crippen LogP contribution in [0.25, 0.3) is 0 Å². The largest absolute Gasteiger partial charge is 0.355 e. The maximum Gasteiger partial charge on any atom is 0.226 e. The lowest BCUT2D eigenvalue weighted by Gasteiger charge is -2.64. The molecule has 3 nitrogen and oxygen atoms in total. The van der Waals surface area contributed by atoms with Gasteiger partial charge in [0.25, 0.3) is 0 Å². The van der Waals surface area contributed by atoms with Gasteiger partial charge in [0.2, 0.25) is 5.91 Å². The number of rotatable bonds is 3. The summed E-state index contributed by atoms with van der Waals surface area (Å²) < 4.78 is 0. The normalized spacial score (nSPS) is 47.6. The lowest BCUT2D eigenvalue weighted by atomic mass is 9.40. The summed E-state index contributed by atoms with van der Waals surface area (Å²) in [7, 11) is 0. The predicted octanol–water partition coefficient (Wildman–Crippen LogP) is 2.74. The van der Waals surface area contributed by atoms with Gasteiger partial charge in [0.15, 0.2) is 0 Å². The van der Waals surface area contributed by atoms with Gasteiger partial charge >= 0.3 is 0 Å². The molecule has 0 aromatic heterocycles. The van der Waals surface area contributed by atoms with E-state index >= 15 is 0 Å². The molecule has 4 bridgehead atoms. The van der Waals surface area contributed by atoms with Crippen LogP contribution in [0.15, 0.2) is 0 Å². The Morgan fingerprint density at radius 3 is 2.19 bits per heavy atom. The fourth-order valence-electron chi connectivity index (χ4n) is 6.62. The average Bonchev–Trinajstić information content (AvgIpc) is 2.21. The van der Waals surface area contributed by atoms with Crippen molar-refractivity contribution < 1.29 is 4.79 Å². The Kier molecular flexibility index (Phi) is 3.61. The van der Waals surface area contributed by atoms with E-state index in [1.807, 2.05) is 0 Å². The van der Waals surface area contributed by atoms with Gasteiger partial charge in [0, 0.05) is 25.6 Å². The molecule has 1 aliphatic heterocycles. The van der Waals surface area contributed by atoms with Gasteiger partial charge in [0.05, 0.1) is 5.41 Å². The zero-order chi connectivity index (χ0) is 14.0. The summed E-state index contributed by atoms with van der Waals surface area (Å²) in [5.74, 6) is 1.85. The smallest absolute Gasteiger partial charge is 0.226 e. The standard InChI is InChI=1S/C17H28N2O.ClH/c1-15-3-12-4-16(2,9-15)11-17(5-12,10-15)14(20)19-8-13-6-18-7-13;/h12-13,18H,3-11H2,1-2H3,(H,19,20);1H. The van der Waals surface area contributed by atoms with Crippen LogP contribution in [-0.4, -0.2) is 25.5 Å². The zero-order valence-electron chi connectivity index (χ0n) is 13.3. The summed E-state index contributed by atoms with van der Waals surface area (Å²) in [6, 6.07) is 0. The van der Waals surface area contributed by atoms with Crippen LogP contribution in [0, 0.1) is 28.1 Å². The third-order valence-corrected chi connectivity index (χ3v) is 6.53. The van der Waals surface area contributed by atoms with Crippen molar-refractivity contribution in [3.8, 4) is 0 Å². The summed E-state index contributed by atoms with van der Waals surface area (Å²) in [6.45, 7) is 7.91. The fraction of sp³-hybridized carbons (Fsp3) is 0.941. The molecule has 2 unspecified atom stereocenters. The van der Waals surface area contributed by atoms with Crippen molar-refractivity contribution in [2.24, 2.45) is 28.1 Å². The highest BCUT2D eigenvalue weighted by Crippen LogP contribution is 2.69. The Bertz CT molecular complexity index is 430. The number of carbonyl (C=O) groups excluding carboxylic acids is 1. The number of hydrogen-bond acceptors (Lipinski definition) is 2. The summed E-state index contributed by atoms with van der Waals surface area (Å²) in [6.07, 6.45) is 7.51. The van der Waals surface area contributed by atoms with Crippen LogP contribution in [0.2, 0.25) is 0 Å². The molecule has 2 N–H and O–H groups in total. The fourth-order valence-corrected chi connectivity index (χ4v) is 6.62. The molecule has 2 atom stereocenters. The molecule has 5 rings (SSSR count). The molecule has 4 heteroatoms. The Morgan fingerprint density at radius 1 is 1.10 bits per heavy atom. The molecule has 0 aromatic rings. The Labute approximate surface area is 134 Å². The number of nitrogens with one attached hydrogen (secondary N) is 2. The van der Waals surface area contributed by atoms with Crippen LogP contribution in [-0.2, 0) is 4.79 Å². The summed E-state index contributed by atoms with van der Waals surface area (Å²) >= 11 is 0. The van der Waals surface area contributed by atoms with Gasteiger partial charge in [-0.1, -0.05) is 13.8 Å². The first kappa shape index (κ1) is 15.6. The van der Waals surface area contributed by atoms with E-state index in [0.29, 0.717) is 22.7 Å². The van der Waals surface area contributed by atoms with E-state index in [0.717, 1.165) is 44.8 Å². The maximum absolute atomic E-state index is 12.9. The molecule has 0 radical (unpaired) electrons. The SMILES string of the molecule is CC12CC3CC(C)(C1)CC(C(=O)NCC1CNC1)(C3)C2.Cl. The number of halogens is 1. The van der Waals surface area contributed by atoms with Crippen molar-refractivity contribution in [3.63, 3.8) is 0 Å². The van der Waals surface area contributed by atoms with Crippen LogP contribution in [0.5, 0.6) is 0 Å². The third-order valence-electron chi connectivity index (χ3n) is 6.53. The Morgan fingerprint density at radius 2 is 1.71 bits per heavy atom. The zero-order valence-corrected chi connectivity index (χ0v) is 14.2. The third kappa shape index (κ3) is 2.50. The van der Waals surface area contributed by atoms with E-state index in [1.54, 1.807) is 0 Å². The Balaban J connectivity index is 0.00000132. The molecule has 120 valence electrons. The molecule has 5 aliphatic rings.